The molecule has 0 fully saturated rings. The van der Waals surface area contributed by atoms with Crippen molar-refractivity contribution >= 4 is 17.1 Å². The van der Waals surface area contributed by atoms with Gasteiger partial charge in [0.2, 0.25) is 0 Å². The second kappa shape index (κ2) is 6.35. The van der Waals surface area contributed by atoms with Gasteiger partial charge in [-0.3, -0.25) is 4.79 Å². The topological polar surface area (TPSA) is 79.5 Å². The number of carbonyl (C=O) groups is 1. The molecule has 0 bridgehead atoms. The zero-order valence-corrected chi connectivity index (χ0v) is 12.1. The average molecular weight is 286 g/mol. The molecular formula is C14H14N4OS. The molecule has 0 aromatic carbocycles. The van der Waals surface area contributed by atoms with Crippen molar-refractivity contribution in [2.75, 3.05) is 0 Å². The number of nitrogens with zero attached hydrogens (tertiary/aromatic N) is 4. The molecule has 0 aliphatic carbocycles. The van der Waals surface area contributed by atoms with Crippen LogP contribution in [0.1, 0.15) is 35.2 Å². The fourth-order valence-electron chi connectivity index (χ4n) is 1.91. The summed E-state index contributed by atoms with van der Waals surface area (Å²) in [6, 6.07) is 3.83. The van der Waals surface area contributed by atoms with Crippen molar-refractivity contribution in [3.05, 3.63) is 39.9 Å². The van der Waals surface area contributed by atoms with Crippen molar-refractivity contribution in [2.24, 2.45) is 0 Å². The predicted octanol–water partition coefficient (Wildman–Crippen LogP) is 2.36. The lowest BCUT2D eigenvalue weighted by molar-refractivity contribution is -0.119. The Labute approximate surface area is 121 Å². The van der Waals surface area contributed by atoms with Crippen LogP contribution in [0.4, 0.5) is 0 Å². The number of hydrogen-bond donors (Lipinski definition) is 0. The first-order valence-corrected chi connectivity index (χ1v) is 7.16. The van der Waals surface area contributed by atoms with Crippen molar-refractivity contribution in [3.8, 4) is 6.07 Å². The molecule has 5 nitrogen and oxygen atoms in total. The van der Waals surface area contributed by atoms with Crippen LogP contribution < -0.4 is 0 Å². The molecule has 0 amide bonds. The van der Waals surface area contributed by atoms with Gasteiger partial charge in [-0.25, -0.2) is 15.0 Å². The Kier molecular flexibility index (Phi) is 4.53. The summed E-state index contributed by atoms with van der Waals surface area (Å²) in [6.45, 7) is 3.65. The lowest BCUT2D eigenvalue weighted by Crippen LogP contribution is -2.15. The van der Waals surface area contributed by atoms with E-state index in [0.29, 0.717) is 12.2 Å². The van der Waals surface area contributed by atoms with E-state index in [9.17, 15) is 10.1 Å². The normalized spacial score (nSPS) is 11.8. The van der Waals surface area contributed by atoms with Gasteiger partial charge >= 0.3 is 0 Å². The van der Waals surface area contributed by atoms with Crippen LogP contribution >= 0.6 is 11.3 Å². The third-order valence-electron chi connectivity index (χ3n) is 2.82. The monoisotopic (exact) mass is 286 g/mol. The van der Waals surface area contributed by atoms with Crippen LogP contribution in [0.2, 0.25) is 0 Å². The van der Waals surface area contributed by atoms with Gasteiger partial charge in [0, 0.05) is 23.2 Å². The Morgan fingerprint density at radius 1 is 1.40 bits per heavy atom. The van der Waals surface area contributed by atoms with Gasteiger partial charge in [0.15, 0.2) is 17.5 Å². The fourth-order valence-corrected chi connectivity index (χ4v) is 2.51. The smallest absolute Gasteiger partial charge is 0.164 e. The summed E-state index contributed by atoms with van der Waals surface area (Å²) in [6.07, 6.45) is 0.823. The average Bonchev–Trinajstić information content (AvgIpc) is 2.89. The lowest BCUT2D eigenvalue weighted by atomic mass is 10.00. The van der Waals surface area contributed by atoms with E-state index in [4.69, 9.17) is 0 Å². The number of carbonyl (C=O) groups excluding carboxylic acids is 1. The standard InChI is InChI=1S/C14H14N4OS/c1-9-5-10(2)18-14(17-9)12(6-15)13(19)4-3-11-7-20-8-16-11/h5,7-8,12H,3-4H2,1-2H3/t12-/m0/s1. The van der Waals surface area contributed by atoms with Gasteiger partial charge in [0.1, 0.15) is 0 Å². The molecule has 2 heterocycles. The van der Waals surface area contributed by atoms with Crippen LogP contribution in [-0.2, 0) is 11.2 Å². The highest BCUT2D eigenvalue weighted by Crippen LogP contribution is 2.16. The third kappa shape index (κ3) is 3.45. The summed E-state index contributed by atoms with van der Waals surface area (Å²) >= 11 is 1.49. The van der Waals surface area contributed by atoms with Crippen LogP contribution in [-0.4, -0.2) is 20.7 Å². The minimum atomic E-state index is -0.896. The van der Waals surface area contributed by atoms with E-state index in [-0.39, 0.29) is 12.2 Å². The van der Waals surface area contributed by atoms with Crippen LogP contribution in [0.25, 0.3) is 0 Å². The van der Waals surface area contributed by atoms with Gasteiger partial charge in [0.05, 0.1) is 17.3 Å². The molecule has 2 rings (SSSR count). The maximum atomic E-state index is 12.2. The molecule has 0 N–H and O–H groups in total. The highest BCUT2D eigenvalue weighted by atomic mass is 32.1. The SMILES string of the molecule is Cc1cc(C)nc([C@@H](C#N)C(=O)CCc2cscn2)n1. The van der Waals surface area contributed by atoms with E-state index in [1.54, 1.807) is 5.51 Å². The van der Waals surface area contributed by atoms with Gasteiger partial charge in [-0.05, 0) is 26.3 Å². The zero-order valence-electron chi connectivity index (χ0n) is 11.3. The van der Waals surface area contributed by atoms with E-state index < -0.39 is 5.92 Å². The molecule has 0 saturated heterocycles. The van der Waals surface area contributed by atoms with Gasteiger partial charge in [-0.1, -0.05) is 0 Å². The number of thiazole rings is 1. The van der Waals surface area contributed by atoms with Gasteiger partial charge in [-0.15, -0.1) is 11.3 Å². The van der Waals surface area contributed by atoms with Crippen molar-refractivity contribution in [3.63, 3.8) is 0 Å². The molecular weight excluding hydrogens is 272 g/mol. The van der Waals surface area contributed by atoms with Crippen molar-refractivity contribution in [1.29, 1.82) is 5.26 Å². The number of nitriles is 1. The molecule has 2 aromatic heterocycles. The van der Waals surface area contributed by atoms with Crippen LogP contribution in [0, 0.1) is 25.2 Å². The largest absolute Gasteiger partial charge is 0.298 e. The number of aromatic nitrogens is 3. The minimum Gasteiger partial charge on any atom is -0.298 e. The number of hydrogen-bond acceptors (Lipinski definition) is 6. The van der Waals surface area contributed by atoms with Crippen LogP contribution in [0.5, 0.6) is 0 Å². The number of rotatable bonds is 5. The summed E-state index contributed by atoms with van der Waals surface area (Å²) in [5.74, 6) is -0.758. The van der Waals surface area contributed by atoms with Gasteiger partial charge < -0.3 is 0 Å². The Hall–Kier alpha value is -2.13. The summed E-state index contributed by atoms with van der Waals surface area (Å²) in [7, 11) is 0. The highest BCUT2D eigenvalue weighted by Gasteiger charge is 2.23. The first kappa shape index (κ1) is 14.3. The maximum absolute atomic E-state index is 12.2. The maximum Gasteiger partial charge on any atom is 0.164 e. The van der Waals surface area contributed by atoms with E-state index in [1.165, 1.54) is 11.3 Å². The van der Waals surface area contributed by atoms with E-state index in [1.807, 2.05) is 31.4 Å². The van der Waals surface area contributed by atoms with Crippen LogP contribution in [0.3, 0.4) is 0 Å². The first-order valence-electron chi connectivity index (χ1n) is 6.21. The summed E-state index contributed by atoms with van der Waals surface area (Å²) in [5.41, 5.74) is 4.13. The molecule has 102 valence electrons. The molecule has 6 heteroatoms. The number of aryl methyl sites for hydroxylation is 3. The third-order valence-corrected chi connectivity index (χ3v) is 3.46. The predicted molar refractivity (Wildman–Crippen MR) is 75.3 cm³/mol. The van der Waals surface area contributed by atoms with Gasteiger partial charge in [0.25, 0.3) is 0 Å². The van der Waals surface area contributed by atoms with E-state index in [2.05, 4.69) is 15.0 Å². The molecule has 0 aliphatic rings. The summed E-state index contributed by atoms with van der Waals surface area (Å²) in [4.78, 5) is 24.7. The Morgan fingerprint density at radius 2 is 2.10 bits per heavy atom. The minimum absolute atomic E-state index is 0.162. The second-order valence-electron chi connectivity index (χ2n) is 4.52. The molecule has 20 heavy (non-hydrogen) atoms. The van der Waals surface area contributed by atoms with Crippen molar-refractivity contribution in [1.82, 2.24) is 15.0 Å². The molecule has 1 atom stereocenters. The van der Waals surface area contributed by atoms with E-state index in [0.717, 1.165) is 17.1 Å². The summed E-state index contributed by atoms with van der Waals surface area (Å²) in [5, 5.41) is 11.1. The molecule has 0 spiro atoms. The Balaban J connectivity index is 2.11. The fraction of sp³-hybridized carbons (Fsp3) is 0.357. The molecule has 0 unspecified atom stereocenters. The zero-order chi connectivity index (χ0) is 14.5. The van der Waals surface area contributed by atoms with Gasteiger partial charge in [-0.2, -0.15) is 5.26 Å². The first-order chi connectivity index (χ1) is 9.60. The second-order valence-corrected chi connectivity index (χ2v) is 5.24. The summed E-state index contributed by atoms with van der Waals surface area (Å²) < 4.78 is 0. The molecule has 2 aromatic rings. The van der Waals surface area contributed by atoms with Crippen molar-refractivity contribution in [2.45, 2.75) is 32.6 Å². The Bertz CT molecular complexity index is 625. The molecule has 0 aliphatic heterocycles. The Morgan fingerprint density at radius 3 is 2.65 bits per heavy atom. The molecule has 0 radical (unpaired) electrons. The quantitative estimate of drug-likeness (QED) is 0.843. The van der Waals surface area contributed by atoms with E-state index >= 15 is 0 Å². The van der Waals surface area contributed by atoms with Crippen LogP contribution in [0.15, 0.2) is 17.0 Å². The molecule has 0 saturated carbocycles. The van der Waals surface area contributed by atoms with Crippen molar-refractivity contribution < 1.29 is 4.79 Å². The highest BCUT2D eigenvalue weighted by molar-refractivity contribution is 7.07. The number of Topliss-reactive ketones (excluding diaryl/α,β-unsaturated/α-hetero) is 1. The lowest BCUT2D eigenvalue weighted by Gasteiger charge is -2.08. The number of ketones is 1.